The fourth-order valence-electron chi connectivity index (χ4n) is 8.86. The lowest BCUT2D eigenvalue weighted by atomic mass is 9.82. The highest BCUT2D eigenvalue weighted by Gasteiger charge is 2.41. The molecule has 3 nitrogen and oxygen atoms in total. The van der Waals surface area contributed by atoms with Gasteiger partial charge >= 0.3 is 0 Å². The maximum absolute atomic E-state index is 5.28. The van der Waals surface area contributed by atoms with E-state index in [0.717, 1.165) is 45.2 Å². The van der Waals surface area contributed by atoms with Crippen LogP contribution in [0.3, 0.4) is 0 Å². The van der Waals surface area contributed by atoms with Crippen LogP contribution < -0.4 is 0 Å². The molecule has 5 heteroatoms. The third kappa shape index (κ3) is 4.93. The Labute approximate surface area is 329 Å². The number of hydrogen-bond acceptors (Lipinski definition) is 4. The molecule has 0 bridgehead atoms. The van der Waals surface area contributed by atoms with E-state index in [9.17, 15) is 0 Å². The smallest absolute Gasteiger partial charge is 0.160 e. The average molecular weight is 742 g/mol. The Morgan fingerprint density at radius 1 is 0.545 bits per heavy atom. The molecular weight excluding hydrogens is 707 g/mol. The number of fused-ring (bicyclic) bond motifs is 10. The predicted octanol–water partition coefficient (Wildman–Crippen LogP) is 13.8. The van der Waals surface area contributed by atoms with E-state index >= 15 is 0 Å². The zero-order valence-corrected chi connectivity index (χ0v) is 32.3. The SMILES string of the molecule is Cc1c(-c2ccccc2)nc(-c2ccccc2)nc1-c1cccc(-n2c3ccccc3c3ccc4c(c32)-c2ccc3c(c2C4(C)C)Sc2ccccc2S3)c1. The van der Waals surface area contributed by atoms with Gasteiger partial charge in [-0.05, 0) is 60.0 Å². The number of aromatic nitrogens is 3. The van der Waals surface area contributed by atoms with Crippen LogP contribution in [-0.2, 0) is 5.41 Å². The van der Waals surface area contributed by atoms with Gasteiger partial charge in [0.05, 0.1) is 22.4 Å². The van der Waals surface area contributed by atoms with E-state index in [0.29, 0.717) is 0 Å². The third-order valence-electron chi connectivity index (χ3n) is 11.4. The highest BCUT2D eigenvalue weighted by atomic mass is 32.2. The molecule has 0 radical (unpaired) electrons. The Morgan fingerprint density at radius 2 is 1.20 bits per heavy atom. The molecule has 2 aromatic heterocycles. The summed E-state index contributed by atoms with van der Waals surface area (Å²) in [5.41, 5.74) is 15.0. The van der Waals surface area contributed by atoms with Crippen LogP contribution in [-0.4, -0.2) is 14.5 Å². The normalized spacial score (nSPS) is 13.7. The molecule has 9 aromatic rings. The monoisotopic (exact) mass is 741 g/mol. The van der Waals surface area contributed by atoms with Crippen molar-refractivity contribution in [3.05, 3.63) is 174 Å². The first kappa shape index (κ1) is 32.5. The van der Waals surface area contributed by atoms with Crippen LogP contribution in [0.25, 0.3) is 72.5 Å². The second kappa shape index (κ2) is 12.3. The Hall–Kier alpha value is -5.88. The molecule has 3 heterocycles. The van der Waals surface area contributed by atoms with Crippen LogP contribution >= 0.6 is 23.5 Å². The first-order valence-corrected chi connectivity index (χ1v) is 20.4. The first-order chi connectivity index (χ1) is 27.0. The maximum atomic E-state index is 5.28. The summed E-state index contributed by atoms with van der Waals surface area (Å²) in [6.45, 7) is 6.98. The number of hydrogen-bond donors (Lipinski definition) is 0. The molecule has 262 valence electrons. The van der Waals surface area contributed by atoms with Crippen molar-refractivity contribution in [2.75, 3.05) is 0 Å². The van der Waals surface area contributed by atoms with Gasteiger partial charge in [0.1, 0.15) is 0 Å². The van der Waals surface area contributed by atoms with Gasteiger partial charge < -0.3 is 4.57 Å². The van der Waals surface area contributed by atoms with Gasteiger partial charge in [0.25, 0.3) is 0 Å². The predicted molar refractivity (Wildman–Crippen MR) is 230 cm³/mol. The molecule has 0 saturated heterocycles. The molecule has 0 N–H and O–H groups in total. The molecule has 11 rings (SSSR count). The summed E-state index contributed by atoms with van der Waals surface area (Å²) in [7, 11) is 0. The Balaban J connectivity index is 1.15. The summed E-state index contributed by atoms with van der Waals surface area (Å²) in [5.74, 6) is 0.723. The lowest BCUT2D eigenvalue weighted by molar-refractivity contribution is 0.642. The van der Waals surface area contributed by atoms with Crippen molar-refractivity contribution >= 4 is 45.3 Å². The van der Waals surface area contributed by atoms with E-state index in [2.05, 4.69) is 165 Å². The zero-order valence-electron chi connectivity index (χ0n) is 30.7. The van der Waals surface area contributed by atoms with Gasteiger partial charge in [-0.3, -0.25) is 0 Å². The van der Waals surface area contributed by atoms with Crippen LogP contribution in [0.2, 0.25) is 0 Å². The lowest BCUT2D eigenvalue weighted by Gasteiger charge is -2.28. The summed E-state index contributed by atoms with van der Waals surface area (Å²) in [5, 5.41) is 2.52. The molecule has 0 fully saturated rings. The zero-order chi connectivity index (χ0) is 36.8. The topological polar surface area (TPSA) is 30.7 Å². The van der Waals surface area contributed by atoms with E-state index in [1.807, 2.05) is 41.7 Å². The Bertz CT molecular complexity index is 3020. The van der Waals surface area contributed by atoms with Gasteiger partial charge in [-0.25, -0.2) is 9.97 Å². The van der Waals surface area contributed by atoms with E-state index in [1.165, 1.54) is 63.6 Å². The van der Waals surface area contributed by atoms with Crippen LogP contribution in [0.15, 0.2) is 177 Å². The summed E-state index contributed by atoms with van der Waals surface area (Å²) >= 11 is 3.83. The van der Waals surface area contributed by atoms with Crippen molar-refractivity contribution < 1.29 is 0 Å². The number of rotatable bonds is 4. The van der Waals surface area contributed by atoms with E-state index in [4.69, 9.17) is 9.97 Å². The van der Waals surface area contributed by atoms with Gasteiger partial charge in [0, 0.05) is 69.3 Å². The van der Waals surface area contributed by atoms with E-state index in [-0.39, 0.29) is 5.41 Å². The molecule has 2 aliphatic rings. The van der Waals surface area contributed by atoms with Crippen molar-refractivity contribution in [1.29, 1.82) is 0 Å². The number of nitrogens with zero attached hydrogens (tertiary/aromatic N) is 3. The number of para-hydroxylation sites is 1. The molecule has 0 atom stereocenters. The molecule has 1 aliphatic heterocycles. The molecule has 0 saturated carbocycles. The summed E-state index contributed by atoms with van der Waals surface area (Å²) in [6, 6.07) is 56.9. The second-order valence-corrected chi connectivity index (χ2v) is 17.1. The minimum Gasteiger partial charge on any atom is -0.309 e. The highest BCUT2D eigenvalue weighted by Crippen LogP contribution is 2.60. The van der Waals surface area contributed by atoms with Gasteiger partial charge in [-0.2, -0.15) is 0 Å². The lowest BCUT2D eigenvalue weighted by Crippen LogP contribution is -2.17. The van der Waals surface area contributed by atoms with Crippen molar-refractivity contribution in [3.63, 3.8) is 0 Å². The summed E-state index contributed by atoms with van der Waals surface area (Å²) < 4.78 is 2.50. The summed E-state index contributed by atoms with van der Waals surface area (Å²) in [4.78, 5) is 15.8. The van der Waals surface area contributed by atoms with Crippen LogP contribution in [0.1, 0.15) is 30.5 Å². The van der Waals surface area contributed by atoms with Crippen molar-refractivity contribution in [2.24, 2.45) is 0 Å². The fourth-order valence-corrected chi connectivity index (χ4v) is 11.4. The molecule has 1 aliphatic carbocycles. The fraction of sp³-hybridized carbons (Fsp3) is 0.0800. The van der Waals surface area contributed by atoms with Gasteiger partial charge in [0.15, 0.2) is 5.82 Å². The molecule has 55 heavy (non-hydrogen) atoms. The quantitative estimate of drug-likeness (QED) is 0.180. The highest BCUT2D eigenvalue weighted by molar-refractivity contribution is 8.05. The molecule has 0 spiro atoms. The standard InChI is InChI=1S/C50H35N3S2/c1-30-45(31-15-6-4-7-16-31)51-49(32-17-8-5-9-18-32)52-46(30)33-19-14-20-34(29-33)53-39-22-11-10-21-35(39)36-25-27-38-43(47(36)53)37-26-28-42-48(44(37)50(38,2)3)55-41-24-13-12-23-40(41)54-42/h4-29H,1-3H3. The minimum atomic E-state index is -0.174. The number of benzene rings is 7. The average Bonchev–Trinajstić information content (AvgIpc) is 3.69. The van der Waals surface area contributed by atoms with Crippen molar-refractivity contribution in [2.45, 2.75) is 45.8 Å². The maximum Gasteiger partial charge on any atom is 0.160 e. The molecular formula is C50H35N3S2. The molecule has 0 amide bonds. The van der Waals surface area contributed by atoms with Gasteiger partial charge in [-0.15, -0.1) is 0 Å². The van der Waals surface area contributed by atoms with Crippen LogP contribution in [0.5, 0.6) is 0 Å². The first-order valence-electron chi connectivity index (χ1n) is 18.8. The van der Waals surface area contributed by atoms with E-state index in [1.54, 1.807) is 0 Å². The minimum absolute atomic E-state index is 0.174. The van der Waals surface area contributed by atoms with Crippen molar-refractivity contribution in [3.8, 4) is 50.7 Å². The third-order valence-corrected chi connectivity index (χ3v) is 14.0. The Kier molecular flexibility index (Phi) is 7.29. The molecule has 7 aromatic carbocycles. The van der Waals surface area contributed by atoms with E-state index < -0.39 is 0 Å². The van der Waals surface area contributed by atoms with Crippen LogP contribution in [0.4, 0.5) is 0 Å². The summed E-state index contributed by atoms with van der Waals surface area (Å²) in [6.07, 6.45) is 0. The van der Waals surface area contributed by atoms with Gasteiger partial charge in [0.2, 0.25) is 0 Å². The second-order valence-electron chi connectivity index (χ2n) is 15.0. The Morgan fingerprint density at radius 3 is 1.98 bits per heavy atom. The molecule has 0 unspecified atom stereocenters. The van der Waals surface area contributed by atoms with Gasteiger partial charge in [-0.1, -0.05) is 159 Å². The van der Waals surface area contributed by atoms with Crippen LogP contribution in [0, 0.1) is 6.92 Å². The van der Waals surface area contributed by atoms with Crippen molar-refractivity contribution in [1.82, 2.24) is 14.5 Å². The largest absolute Gasteiger partial charge is 0.309 e.